The number of imidazole rings is 1. The van der Waals surface area contributed by atoms with Crippen molar-refractivity contribution >= 4 is 0 Å². The van der Waals surface area contributed by atoms with Crippen molar-refractivity contribution in [1.29, 1.82) is 0 Å². The number of phenols is 1. The maximum absolute atomic E-state index is 14.9. The number of halogens is 1. The van der Waals surface area contributed by atoms with Crippen LogP contribution >= 0.6 is 0 Å². The molecule has 2 aliphatic heterocycles. The first kappa shape index (κ1) is 19.0. The second-order valence-corrected chi connectivity index (χ2v) is 8.44. The van der Waals surface area contributed by atoms with Crippen LogP contribution in [0.3, 0.4) is 0 Å². The van der Waals surface area contributed by atoms with Crippen LogP contribution in [0, 0.1) is 0 Å². The molecule has 1 unspecified atom stereocenters. The van der Waals surface area contributed by atoms with E-state index >= 15 is 0 Å². The molecule has 7 nitrogen and oxygen atoms in total. The number of hydrogen-bond donors (Lipinski definition) is 2. The van der Waals surface area contributed by atoms with Gasteiger partial charge in [-0.15, -0.1) is 10.2 Å². The molecule has 0 radical (unpaired) electrons. The van der Waals surface area contributed by atoms with Crippen molar-refractivity contribution in [2.45, 2.75) is 56.5 Å². The summed E-state index contributed by atoms with van der Waals surface area (Å²) in [5.74, 6) is 0.386. The SMILES string of the molecule is C[C@@]12CCCC(N1)[C@@H](F)[C@@H](Oc1ccc(-c3ccc(-n4ccnc4)cc3O)nn1)C2. The smallest absolute Gasteiger partial charge is 0.233 e. The second kappa shape index (κ2) is 7.36. The average Bonchev–Trinajstić information content (AvgIpc) is 3.27. The lowest BCUT2D eigenvalue weighted by Crippen LogP contribution is -2.64. The van der Waals surface area contributed by atoms with Gasteiger partial charge in [0.25, 0.3) is 0 Å². The van der Waals surface area contributed by atoms with E-state index in [1.165, 1.54) is 0 Å². The Balaban J connectivity index is 1.32. The van der Waals surface area contributed by atoms with Gasteiger partial charge in [-0.1, -0.05) is 0 Å². The number of aromatic hydroxyl groups is 1. The third-order valence-corrected chi connectivity index (χ3v) is 6.14. The zero-order valence-corrected chi connectivity index (χ0v) is 16.7. The Kier molecular flexibility index (Phi) is 4.66. The highest BCUT2D eigenvalue weighted by molar-refractivity contribution is 5.68. The van der Waals surface area contributed by atoms with Crippen LogP contribution in [0.25, 0.3) is 16.9 Å². The summed E-state index contributed by atoms with van der Waals surface area (Å²) in [5, 5.41) is 22.2. The number of aromatic nitrogens is 4. The van der Waals surface area contributed by atoms with Crippen molar-refractivity contribution < 1.29 is 14.2 Å². The summed E-state index contributed by atoms with van der Waals surface area (Å²) < 4.78 is 22.5. The zero-order chi connectivity index (χ0) is 20.7. The maximum atomic E-state index is 14.9. The summed E-state index contributed by atoms with van der Waals surface area (Å²) in [4.78, 5) is 4.01. The van der Waals surface area contributed by atoms with Crippen LogP contribution < -0.4 is 10.1 Å². The topological polar surface area (TPSA) is 85.1 Å². The Morgan fingerprint density at radius 1 is 1.27 bits per heavy atom. The predicted molar refractivity (Wildman–Crippen MR) is 109 cm³/mol. The molecule has 156 valence electrons. The molecule has 2 saturated heterocycles. The van der Waals surface area contributed by atoms with E-state index in [-0.39, 0.29) is 17.3 Å². The number of hydrogen-bond acceptors (Lipinski definition) is 6. The van der Waals surface area contributed by atoms with Gasteiger partial charge in [-0.2, -0.15) is 0 Å². The van der Waals surface area contributed by atoms with E-state index < -0.39 is 12.3 Å². The summed E-state index contributed by atoms with van der Waals surface area (Å²) in [5.41, 5.74) is 1.78. The third kappa shape index (κ3) is 3.52. The summed E-state index contributed by atoms with van der Waals surface area (Å²) >= 11 is 0. The molecule has 3 aromatic rings. The molecule has 0 saturated carbocycles. The Morgan fingerprint density at radius 3 is 2.90 bits per heavy atom. The van der Waals surface area contributed by atoms with Crippen LogP contribution in [0.4, 0.5) is 4.39 Å². The van der Waals surface area contributed by atoms with Gasteiger partial charge in [0.1, 0.15) is 11.9 Å². The van der Waals surface area contributed by atoms with Crippen molar-refractivity contribution in [1.82, 2.24) is 25.1 Å². The molecular weight excluding hydrogens is 385 g/mol. The summed E-state index contributed by atoms with van der Waals surface area (Å²) in [6, 6.07) is 8.53. The lowest BCUT2D eigenvalue weighted by atomic mass is 9.75. The van der Waals surface area contributed by atoms with E-state index in [0.29, 0.717) is 23.6 Å². The Bertz CT molecular complexity index is 1030. The fourth-order valence-electron chi connectivity index (χ4n) is 4.62. The zero-order valence-electron chi connectivity index (χ0n) is 16.7. The van der Waals surface area contributed by atoms with Gasteiger partial charge < -0.3 is 19.7 Å². The van der Waals surface area contributed by atoms with Gasteiger partial charge in [0.05, 0.1) is 17.7 Å². The van der Waals surface area contributed by atoms with Crippen LogP contribution in [-0.4, -0.2) is 48.7 Å². The van der Waals surface area contributed by atoms with Crippen molar-refractivity contribution in [2.24, 2.45) is 0 Å². The quantitative estimate of drug-likeness (QED) is 0.687. The molecule has 2 aromatic heterocycles. The fraction of sp³-hybridized carbons (Fsp3) is 0.409. The average molecular weight is 409 g/mol. The van der Waals surface area contributed by atoms with Gasteiger partial charge in [0, 0.05) is 48.1 Å². The Labute approximate surface area is 173 Å². The molecule has 8 heteroatoms. The van der Waals surface area contributed by atoms with Crippen molar-refractivity contribution in [2.75, 3.05) is 0 Å². The molecule has 0 spiro atoms. The fourth-order valence-corrected chi connectivity index (χ4v) is 4.62. The number of ether oxygens (including phenoxy) is 1. The largest absolute Gasteiger partial charge is 0.507 e. The van der Waals surface area contributed by atoms with E-state index in [2.05, 4.69) is 27.4 Å². The molecule has 2 N–H and O–H groups in total. The van der Waals surface area contributed by atoms with Crippen LogP contribution in [0.2, 0.25) is 0 Å². The summed E-state index contributed by atoms with van der Waals surface area (Å²) in [7, 11) is 0. The first-order valence-corrected chi connectivity index (χ1v) is 10.2. The van der Waals surface area contributed by atoms with E-state index in [1.54, 1.807) is 47.6 Å². The van der Waals surface area contributed by atoms with Crippen LogP contribution in [-0.2, 0) is 0 Å². The minimum absolute atomic E-state index is 0.0899. The highest BCUT2D eigenvalue weighted by atomic mass is 19.1. The molecule has 30 heavy (non-hydrogen) atoms. The number of benzene rings is 1. The highest BCUT2D eigenvalue weighted by Gasteiger charge is 2.47. The number of fused-ring (bicyclic) bond motifs is 2. The molecule has 1 aromatic carbocycles. The minimum Gasteiger partial charge on any atom is -0.507 e. The number of alkyl halides is 1. The van der Waals surface area contributed by atoms with E-state index in [9.17, 15) is 9.50 Å². The predicted octanol–water partition coefficient (Wildman–Crippen LogP) is 3.42. The van der Waals surface area contributed by atoms with E-state index in [0.717, 1.165) is 24.9 Å². The highest BCUT2D eigenvalue weighted by Crippen LogP contribution is 2.37. The van der Waals surface area contributed by atoms with Gasteiger partial charge in [-0.25, -0.2) is 9.37 Å². The van der Waals surface area contributed by atoms with Gasteiger partial charge in [0.2, 0.25) is 5.88 Å². The number of phenolic OH excluding ortho intramolecular Hbond substituents is 1. The van der Waals surface area contributed by atoms with Crippen LogP contribution in [0.5, 0.6) is 11.6 Å². The molecular formula is C22H24FN5O2. The van der Waals surface area contributed by atoms with Gasteiger partial charge in [-0.3, -0.25) is 0 Å². The molecule has 2 aliphatic rings. The molecule has 2 fully saturated rings. The first-order chi connectivity index (χ1) is 14.5. The monoisotopic (exact) mass is 409 g/mol. The van der Waals surface area contributed by atoms with Gasteiger partial charge in [0.15, 0.2) is 6.17 Å². The summed E-state index contributed by atoms with van der Waals surface area (Å²) in [6.07, 6.45) is 7.02. The van der Waals surface area contributed by atoms with Gasteiger partial charge >= 0.3 is 0 Å². The number of nitrogens with zero attached hydrogens (tertiary/aromatic N) is 4. The number of rotatable bonds is 4. The van der Waals surface area contributed by atoms with Crippen molar-refractivity contribution in [3.05, 3.63) is 49.1 Å². The lowest BCUT2D eigenvalue weighted by molar-refractivity contribution is -0.0221. The molecule has 4 heterocycles. The van der Waals surface area contributed by atoms with Crippen LogP contribution in [0.1, 0.15) is 32.6 Å². The minimum atomic E-state index is -1.07. The van der Waals surface area contributed by atoms with Crippen molar-refractivity contribution in [3.63, 3.8) is 0 Å². The Morgan fingerprint density at radius 2 is 2.17 bits per heavy atom. The molecule has 0 aliphatic carbocycles. The lowest BCUT2D eigenvalue weighted by Gasteiger charge is -2.48. The standard InChI is InChI=1S/C22H24FN5O2/c1-22-8-2-3-17(25-22)21(23)19(12-22)30-20-7-6-16(26-27-20)15-5-4-14(11-18(15)29)28-10-9-24-13-28/h4-7,9-11,13,17,19,21,25,29H,2-3,8,12H2,1H3/t17?,19-,21+,22-/m0/s1. The van der Waals surface area contributed by atoms with Crippen LogP contribution in [0.15, 0.2) is 49.1 Å². The normalized spacial score (nSPS) is 28.3. The van der Waals surface area contributed by atoms with E-state index in [1.807, 2.05) is 6.07 Å². The first-order valence-electron chi connectivity index (χ1n) is 10.2. The molecule has 5 rings (SSSR count). The molecule has 4 atom stereocenters. The number of nitrogens with one attached hydrogen (secondary N) is 1. The second-order valence-electron chi connectivity index (χ2n) is 8.44. The van der Waals surface area contributed by atoms with E-state index in [4.69, 9.17) is 4.74 Å². The van der Waals surface area contributed by atoms with Gasteiger partial charge in [-0.05, 0) is 44.4 Å². The maximum Gasteiger partial charge on any atom is 0.233 e. The summed E-state index contributed by atoms with van der Waals surface area (Å²) in [6.45, 7) is 2.13. The Hall–Kier alpha value is -3.00. The van der Waals surface area contributed by atoms with Crippen molar-refractivity contribution in [3.8, 4) is 28.6 Å². The molecule has 0 amide bonds. The number of piperidine rings is 2. The third-order valence-electron chi connectivity index (χ3n) is 6.14. The molecule has 2 bridgehead atoms.